The molecule has 0 fully saturated rings. The summed E-state index contributed by atoms with van der Waals surface area (Å²) >= 11 is 9.91. The highest BCUT2D eigenvalue weighted by Crippen LogP contribution is 2.35. The molecule has 0 aliphatic rings. The number of alkyl halides is 1. The number of rotatable bonds is 12. The van der Waals surface area contributed by atoms with Crippen molar-refractivity contribution < 1.29 is 24.8 Å². The maximum absolute atomic E-state index is 10.3. The third-order valence-corrected chi connectivity index (χ3v) is 7.93. The molecule has 1 heterocycles. The van der Waals surface area contributed by atoms with Crippen LogP contribution in [0.15, 0.2) is 42.5 Å². The minimum absolute atomic E-state index is 0.102. The summed E-state index contributed by atoms with van der Waals surface area (Å²) in [5.74, 6) is 1.50. The third kappa shape index (κ3) is 7.41. The van der Waals surface area contributed by atoms with Crippen LogP contribution >= 0.6 is 56.8 Å². The lowest BCUT2D eigenvalue weighted by atomic mass is 9.78. The van der Waals surface area contributed by atoms with Crippen LogP contribution in [0.3, 0.4) is 0 Å². The van der Waals surface area contributed by atoms with E-state index in [2.05, 4.69) is 52.8 Å². The standard InChI is InChI=1S/C24H28ClI2N3O5/c1-24(2,16-5-8-22(20(26)9-16)35-13-17(32)10-25)15-3-6-19(7-4-15)34-14-18(33)11-30-23(27)21(12-31)28-29-30/h3-9,17-18,31-33H,10-14H2,1-2H3/i26-4. The van der Waals surface area contributed by atoms with E-state index in [-0.39, 0.29) is 37.7 Å². The van der Waals surface area contributed by atoms with Gasteiger partial charge in [-0.1, -0.05) is 37.3 Å². The second-order valence-electron chi connectivity index (χ2n) is 8.55. The van der Waals surface area contributed by atoms with E-state index in [1.54, 1.807) is 4.68 Å². The molecule has 0 saturated carbocycles. The van der Waals surface area contributed by atoms with E-state index in [1.807, 2.05) is 59.0 Å². The molecule has 0 amide bonds. The van der Waals surface area contributed by atoms with Gasteiger partial charge in [0.15, 0.2) is 0 Å². The Morgan fingerprint density at radius 2 is 1.71 bits per heavy atom. The minimum atomic E-state index is -0.777. The highest BCUT2D eigenvalue weighted by atomic mass is 127. The molecular weight excluding hydrogens is 696 g/mol. The summed E-state index contributed by atoms with van der Waals surface area (Å²) in [4.78, 5) is 0. The largest absolute Gasteiger partial charge is 0.491 e. The van der Waals surface area contributed by atoms with Gasteiger partial charge in [0.05, 0.1) is 22.6 Å². The van der Waals surface area contributed by atoms with Gasteiger partial charge in [-0.3, -0.25) is 0 Å². The van der Waals surface area contributed by atoms with Crippen LogP contribution in [0.4, 0.5) is 0 Å². The van der Waals surface area contributed by atoms with Crippen LogP contribution in [0, 0.1) is 7.27 Å². The van der Waals surface area contributed by atoms with Crippen molar-refractivity contribution in [2.75, 3.05) is 19.1 Å². The van der Waals surface area contributed by atoms with Crippen molar-refractivity contribution in [1.29, 1.82) is 0 Å². The molecule has 8 nitrogen and oxygen atoms in total. The predicted octanol–water partition coefficient (Wildman–Crippen LogP) is 3.72. The molecule has 3 rings (SSSR count). The smallest absolute Gasteiger partial charge is 0.132 e. The zero-order valence-corrected chi connectivity index (χ0v) is 24.4. The first-order chi connectivity index (χ1) is 16.6. The predicted molar refractivity (Wildman–Crippen MR) is 150 cm³/mol. The van der Waals surface area contributed by atoms with Crippen LogP contribution in [0.2, 0.25) is 0 Å². The van der Waals surface area contributed by atoms with E-state index in [0.29, 0.717) is 20.9 Å². The zero-order valence-electron chi connectivity index (χ0n) is 19.4. The van der Waals surface area contributed by atoms with Crippen molar-refractivity contribution in [2.45, 2.75) is 44.6 Å². The second-order valence-corrected chi connectivity index (χ2v) is 11.0. The van der Waals surface area contributed by atoms with Crippen molar-refractivity contribution in [3.8, 4) is 11.5 Å². The molecule has 35 heavy (non-hydrogen) atoms. The van der Waals surface area contributed by atoms with E-state index in [4.69, 9.17) is 21.1 Å². The van der Waals surface area contributed by atoms with Gasteiger partial charge >= 0.3 is 0 Å². The fourth-order valence-corrected chi connectivity index (χ4v) is 4.70. The molecule has 0 aliphatic heterocycles. The van der Waals surface area contributed by atoms with E-state index in [0.717, 1.165) is 14.7 Å². The lowest BCUT2D eigenvalue weighted by Gasteiger charge is -2.27. The van der Waals surface area contributed by atoms with Crippen LogP contribution in [0.5, 0.6) is 11.5 Å². The van der Waals surface area contributed by atoms with Crippen LogP contribution in [-0.2, 0) is 18.6 Å². The van der Waals surface area contributed by atoms with Crippen molar-refractivity contribution in [2.24, 2.45) is 0 Å². The van der Waals surface area contributed by atoms with Gasteiger partial charge in [-0.15, -0.1) is 16.7 Å². The molecule has 3 aromatic rings. The third-order valence-electron chi connectivity index (χ3n) is 5.55. The fourth-order valence-electron chi connectivity index (χ4n) is 3.37. The number of hydrogen-bond acceptors (Lipinski definition) is 7. The minimum Gasteiger partial charge on any atom is -0.491 e. The van der Waals surface area contributed by atoms with E-state index < -0.39 is 12.2 Å². The fraction of sp³-hybridized carbons (Fsp3) is 0.417. The summed E-state index contributed by atoms with van der Waals surface area (Å²) in [6, 6.07) is 13.8. The molecule has 2 atom stereocenters. The average molecular weight is 724 g/mol. The first-order valence-corrected chi connectivity index (χ1v) is 13.6. The topological polar surface area (TPSA) is 110 Å². The first kappa shape index (κ1) is 28.4. The molecule has 2 aromatic carbocycles. The Balaban J connectivity index is 1.60. The molecule has 2 unspecified atom stereocenters. The van der Waals surface area contributed by atoms with Gasteiger partial charge in [0, 0.05) is 5.41 Å². The number of nitrogens with zero attached hydrogens (tertiary/aromatic N) is 3. The Hall–Kier alpha value is -1.19. The van der Waals surface area contributed by atoms with E-state index in [1.165, 1.54) is 0 Å². The number of aliphatic hydroxyl groups excluding tert-OH is 3. The normalized spacial score (nSPS) is 13.5. The number of aliphatic hydroxyl groups is 3. The molecule has 1 aromatic heterocycles. The maximum Gasteiger partial charge on any atom is 0.132 e. The van der Waals surface area contributed by atoms with Crippen LogP contribution in [-0.4, -0.2) is 61.6 Å². The Bertz CT molecular complexity index is 1110. The first-order valence-electron chi connectivity index (χ1n) is 10.9. The molecule has 11 heteroatoms. The van der Waals surface area contributed by atoms with Gasteiger partial charge in [-0.05, 0) is 80.6 Å². The van der Waals surface area contributed by atoms with E-state index in [9.17, 15) is 15.3 Å². The van der Waals surface area contributed by atoms with Crippen molar-refractivity contribution >= 4 is 56.8 Å². The number of halogens is 3. The number of hydrogen-bond donors (Lipinski definition) is 3. The van der Waals surface area contributed by atoms with Crippen LogP contribution in [0.25, 0.3) is 0 Å². The second kappa shape index (κ2) is 12.9. The lowest BCUT2D eigenvalue weighted by Crippen LogP contribution is -2.25. The van der Waals surface area contributed by atoms with Gasteiger partial charge in [0.2, 0.25) is 0 Å². The summed E-state index contributed by atoms with van der Waals surface area (Å²) in [6.07, 6.45) is -1.47. The molecule has 0 saturated heterocycles. The molecule has 3 N–H and O–H groups in total. The Kier molecular flexibility index (Phi) is 10.4. The van der Waals surface area contributed by atoms with Gasteiger partial charge in [0.25, 0.3) is 0 Å². The van der Waals surface area contributed by atoms with Crippen molar-refractivity contribution in [3.63, 3.8) is 0 Å². The average Bonchev–Trinajstić information content (AvgIpc) is 3.20. The summed E-state index contributed by atoms with van der Waals surface area (Å²) < 4.78 is 14.6. The highest BCUT2D eigenvalue weighted by molar-refractivity contribution is 14.1. The summed E-state index contributed by atoms with van der Waals surface area (Å²) in [6.45, 7) is 4.58. The summed E-state index contributed by atoms with van der Waals surface area (Å²) in [5, 5.41) is 37.0. The Morgan fingerprint density at radius 3 is 2.31 bits per heavy atom. The van der Waals surface area contributed by atoms with Crippen molar-refractivity contribution in [1.82, 2.24) is 15.0 Å². The number of ether oxygens (including phenoxy) is 2. The quantitative estimate of drug-likeness (QED) is 0.193. The molecule has 0 radical (unpaired) electrons. The maximum atomic E-state index is 10.3. The van der Waals surface area contributed by atoms with E-state index >= 15 is 0 Å². The van der Waals surface area contributed by atoms with Crippen LogP contribution in [0.1, 0.15) is 30.7 Å². The molecule has 0 aliphatic carbocycles. The highest BCUT2D eigenvalue weighted by Gasteiger charge is 2.24. The molecular formula is C24H28ClI2N3O5. The number of benzene rings is 2. The summed E-state index contributed by atoms with van der Waals surface area (Å²) in [5.41, 5.74) is 2.46. The lowest BCUT2D eigenvalue weighted by molar-refractivity contribution is 0.0881. The molecule has 0 bridgehead atoms. The van der Waals surface area contributed by atoms with Gasteiger partial charge < -0.3 is 24.8 Å². The summed E-state index contributed by atoms with van der Waals surface area (Å²) in [7, 11) is 0. The van der Waals surface area contributed by atoms with Crippen molar-refractivity contribution in [3.05, 3.63) is 66.6 Å². The number of aromatic nitrogens is 3. The van der Waals surface area contributed by atoms with Gasteiger partial charge in [0.1, 0.15) is 46.3 Å². The Labute approximate surface area is 236 Å². The van der Waals surface area contributed by atoms with Gasteiger partial charge in [-0.2, -0.15) is 0 Å². The molecule has 0 spiro atoms. The monoisotopic (exact) mass is 723 g/mol. The molecule has 190 valence electrons. The van der Waals surface area contributed by atoms with Crippen LogP contribution < -0.4 is 9.47 Å². The SMILES string of the molecule is CC(C)(c1ccc(OCC(O)Cn2nnc(CO)c2I)cc1)c1ccc(OCC(O)CCl)c([123I])c1. The zero-order chi connectivity index (χ0) is 25.6. The Morgan fingerprint density at radius 1 is 1.06 bits per heavy atom. The van der Waals surface area contributed by atoms with Gasteiger partial charge in [-0.25, -0.2) is 4.68 Å².